The Hall–Kier alpha value is 0.680. The number of hydrogen-bond donors (Lipinski definition) is 0. The smallest absolute Gasteiger partial charge is 0.312 e. The first kappa shape index (κ1) is 14.7. The third kappa shape index (κ3) is 5.53. The summed E-state index contributed by atoms with van der Waals surface area (Å²) in [7, 11) is 2.02. The Labute approximate surface area is 93.0 Å². The molecule has 1 atom stereocenters. The molecule has 0 radical (unpaired) electrons. The molecule has 0 amide bonds. The molecule has 0 heterocycles. The normalized spacial score (nSPS) is 14.6. The fourth-order valence-electron chi connectivity index (χ4n) is 0.647. The molecule has 0 saturated carbocycles. The van der Waals surface area contributed by atoms with Crippen molar-refractivity contribution in [1.82, 2.24) is 0 Å². The Morgan fingerprint density at radius 1 is 1.36 bits per heavy atom. The molecule has 0 aliphatic carbocycles. The maximum Gasteiger partial charge on any atom is 0.326 e. The lowest BCUT2D eigenvalue weighted by Gasteiger charge is -2.17. The van der Waals surface area contributed by atoms with Crippen LogP contribution in [0.3, 0.4) is 0 Å². The van der Waals surface area contributed by atoms with Gasteiger partial charge in [-0.25, -0.2) is 0 Å². The molecule has 0 saturated heterocycles. The summed E-state index contributed by atoms with van der Waals surface area (Å²) in [4.78, 5) is 0. The Bertz CT molecular complexity index is 224. The van der Waals surface area contributed by atoms with Gasteiger partial charge < -0.3 is 13.6 Å². The monoisotopic (exact) mass is 260 g/mol. The van der Waals surface area contributed by atoms with Crippen LogP contribution in [0.5, 0.6) is 0 Å². The van der Waals surface area contributed by atoms with Crippen molar-refractivity contribution in [3.63, 3.8) is 0 Å². The van der Waals surface area contributed by atoms with Gasteiger partial charge in [0.2, 0.25) is 0 Å². The lowest BCUT2D eigenvalue weighted by atomic mass is 10.6. The van der Waals surface area contributed by atoms with Crippen LogP contribution in [0.1, 0.15) is 13.8 Å². The SMILES string of the molecule is COP(=S)(OC)OCC[S@](=O)C(C)C. The number of hydrogen-bond acceptors (Lipinski definition) is 5. The molecule has 0 N–H and O–H groups in total. The summed E-state index contributed by atoms with van der Waals surface area (Å²) in [6, 6.07) is 0. The molecule has 4 nitrogen and oxygen atoms in total. The lowest BCUT2D eigenvalue weighted by molar-refractivity contribution is 0.212. The summed E-state index contributed by atoms with van der Waals surface area (Å²) >= 11 is 4.97. The average Bonchev–Trinajstić information content (AvgIpc) is 2.17. The quantitative estimate of drug-likeness (QED) is 0.652. The van der Waals surface area contributed by atoms with Crippen LogP contribution < -0.4 is 0 Å². The highest BCUT2D eigenvalue weighted by Gasteiger charge is 2.16. The van der Waals surface area contributed by atoms with Crippen molar-refractivity contribution in [3.05, 3.63) is 0 Å². The molecule has 0 unspecified atom stereocenters. The predicted octanol–water partition coefficient (Wildman–Crippen LogP) is 1.68. The Kier molecular flexibility index (Phi) is 7.38. The molecule has 0 spiro atoms. The highest BCUT2D eigenvalue weighted by atomic mass is 32.5. The van der Waals surface area contributed by atoms with Crippen molar-refractivity contribution >= 4 is 29.3 Å². The van der Waals surface area contributed by atoms with E-state index in [1.165, 1.54) is 14.2 Å². The summed E-state index contributed by atoms with van der Waals surface area (Å²) in [5.74, 6) is 0.461. The van der Waals surface area contributed by atoms with E-state index in [-0.39, 0.29) is 5.25 Å². The summed E-state index contributed by atoms with van der Waals surface area (Å²) in [6.07, 6.45) is 0. The molecule has 86 valence electrons. The highest BCUT2D eigenvalue weighted by Crippen LogP contribution is 2.47. The van der Waals surface area contributed by atoms with Crippen LogP contribution in [0.25, 0.3) is 0 Å². The Morgan fingerprint density at radius 2 is 1.86 bits per heavy atom. The minimum Gasteiger partial charge on any atom is -0.312 e. The van der Waals surface area contributed by atoms with Gasteiger partial charge in [0.15, 0.2) is 0 Å². The van der Waals surface area contributed by atoms with E-state index in [9.17, 15) is 4.21 Å². The van der Waals surface area contributed by atoms with E-state index < -0.39 is 17.5 Å². The zero-order valence-electron chi connectivity index (χ0n) is 8.89. The van der Waals surface area contributed by atoms with Crippen LogP contribution in [0.2, 0.25) is 0 Å². The molecular formula is C7H17O4PS2. The van der Waals surface area contributed by atoms with Gasteiger partial charge in [0.05, 0.1) is 6.61 Å². The van der Waals surface area contributed by atoms with E-state index >= 15 is 0 Å². The minimum absolute atomic E-state index is 0.140. The van der Waals surface area contributed by atoms with Gasteiger partial charge in [-0.05, 0) is 11.8 Å². The highest BCUT2D eigenvalue weighted by molar-refractivity contribution is 8.07. The van der Waals surface area contributed by atoms with Crippen LogP contribution >= 0.6 is 6.72 Å². The first-order valence-corrected chi connectivity index (χ1v) is 8.12. The van der Waals surface area contributed by atoms with Gasteiger partial charge in [-0.2, -0.15) is 0 Å². The fourth-order valence-corrected chi connectivity index (χ4v) is 2.39. The molecule has 0 aliphatic rings. The summed E-state index contributed by atoms with van der Waals surface area (Å²) in [6.45, 7) is 1.54. The molecule has 0 aliphatic heterocycles. The molecule has 0 fully saturated rings. The van der Waals surface area contributed by atoms with Crippen LogP contribution in [-0.4, -0.2) is 36.0 Å². The van der Waals surface area contributed by atoms with E-state index in [2.05, 4.69) is 0 Å². The van der Waals surface area contributed by atoms with Gasteiger partial charge in [-0.3, -0.25) is 4.21 Å². The van der Waals surface area contributed by atoms with E-state index in [1.807, 2.05) is 13.8 Å². The molecular weight excluding hydrogens is 243 g/mol. The van der Waals surface area contributed by atoms with Gasteiger partial charge in [-0.1, -0.05) is 13.8 Å². The molecule has 14 heavy (non-hydrogen) atoms. The second-order valence-corrected chi connectivity index (χ2v) is 8.12. The fraction of sp³-hybridized carbons (Fsp3) is 1.00. The van der Waals surface area contributed by atoms with Crippen LogP contribution in [0.4, 0.5) is 0 Å². The van der Waals surface area contributed by atoms with Crippen molar-refractivity contribution < 1.29 is 17.8 Å². The summed E-state index contributed by atoms with van der Waals surface area (Å²) < 4.78 is 26.4. The first-order valence-electron chi connectivity index (χ1n) is 4.18. The van der Waals surface area contributed by atoms with E-state index in [0.29, 0.717) is 12.4 Å². The topological polar surface area (TPSA) is 44.8 Å². The van der Waals surface area contributed by atoms with Crippen molar-refractivity contribution in [2.75, 3.05) is 26.6 Å². The summed E-state index contributed by atoms with van der Waals surface area (Å²) in [5, 5.41) is 0.140. The minimum atomic E-state index is -2.57. The molecule has 0 bridgehead atoms. The third-order valence-electron chi connectivity index (χ3n) is 1.51. The zero-order valence-corrected chi connectivity index (χ0v) is 11.4. The van der Waals surface area contributed by atoms with Gasteiger partial charge in [-0.15, -0.1) is 0 Å². The number of rotatable bonds is 7. The van der Waals surface area contributed by atoms with Crippen LogP contribution in [0, 0.1) is 0 Å². The second kappa shape index (κ2) is 7.04. The van der Waals surface area contributed by atoms with Crippen LogP contribution in [-0.2, 0) is 36.2 Å². The maximum atomic E-state index is 11.3. The van der Waals surface area contributed by atoms with Crippen molar-refractivity contribution in [3.8, 4) is 0 Å². The van der Waals surface area contributed by atoms with E-state index in [0.717, 1.165) is 0 Å². The molecule has 0 aromatic rings. The zero-order chi connectivity index (χ0) is 11.2. The standard InChI is InChI=1S/C7H17O4PS2/c1-7(2)14(8)6-5-11-12(13,9-3)10-4/h7H,5-6H2,1-4H3/t14-/m0/s1. The molecule has 0 aromatic carbocycles. The second-order valence-electron chi connectivity index (χ2n) is 2.78. The predicted molar refractivity (Wildman–Crippen MR) is 62.4 cm³/mol. The van der Waals surface area contributed by atoms with E-state index in [1.54, 1.807) is 0 Å². The average molecular weight is 260 g/mol. The Morgan fingerprint density at radius 3 is 2.21 bits per heavy atom. The molecule has 0 aromatic heterocycles. The van der Waals surface area contributed by atoms with Gasteiger partial charge in [0.1, 0.15) is 0 Å². The van der Waals surface area contributed by atoms with Gasteiger partial charge in [0.25, 0.3) is 0 Å². The Balaban J connectivity index is 3.84. The largest absolute Gasteiger partial charge is 0.326 e. The first-order chi connectivity index (χ1) is 6.45. The molecule has 0 rings (SSSR count). The lowest BCUT2D eigenvalue weighted by Crippen LogP contribution is -2.13. The molecule has 7 heteroatoms. The van der Waals surface area contributed by atoms with Gasteiger partial charge in [0, 0.05) is 36.0 Å². The maximum absolute atomic E-state index is 11.3. The third-order valence-corrected chi connectivity index (χ3v) is 5.73. The van der Waals surface area contributed by atoms with E-state index in [4.69, 9.17) is 25.4 Å². The van der Waals surface area contributed by atoms with Crippen LogP contribution in [0.15, 0.2) is 0 Å². The van der Waals surface area contributed by atoms with Crippen molar-refractivity contribution in [2.45, 2.75) is 19.1 Å². The summed E-state index contributed by atoms with van der Waals surface area (Å²) in [5.41, 5.74) is 0. The van der Waals surface area contributed by atoms with Gasteiger partial charge >= 0.3 is 6.72 Å². The van der Waals surface area contributed by atoms with Crippen molar-refractivity contribution in [1.29, 1.82) is 0 Å². The van der Waals surface area contributed by atoms with Crippen molar-refractivity contribution in [2.24, 2.45) is 0 Å².